The van der Waals surface area contributed by atoms with Crippen LogP contribution in [0.4, 0.5) is 4.39 Å². The number of rotatable bonds is 5. The molecule has 0 aliphatic carbocycles. The van der Waals surface area contributed by atoms with Crippen molar-refractivity contribution in [3.05, 3.63) is 62.4 Å². The lowest BCUT2D eigenvalue weighted by atomic mass is 10.1. The van der Waals surface area contributed by atoms with Crippen LogP contribution in [0, 0.1) is 5.82 Å². The van der Waals surface area contributed by atoms with Crippen LogP contribution in [-0.4, -0.2) is 30.6 Å². The lowest BCUT2D eigenvalue weighted by Gasteiger charge is -2.09. The molecule has 2 aromatic heterocycles. The number of benzene rings is 1. The van der Waals surface area contributed by atoms with E-state index >= 15 is 0 Å². The van der Waals surface area contributed by atoms with E-state index in [0.29, 0.717) is 16.2 Å². The van der Waals surface area contributed by atoms with E-state index in [4.69, 9.17) is 39.9 Å². The molecular formula is C16H11Cl3FN3O3. The Balaban J connectivity index is 2.05. The van der Waals surface area contributed by atoms with E-state index in [1.807, 2.05) is 0 Å². The third-order valence-corrected chi connectivity index (χ3v) is 4.74. The van der Waals surface area contributed by atoms with Crippen molar-refractivity contribution in [2.24, 2.45) is 0 Å². The summed E-state index contributed by atoms with van der Waals surface area (Å²) in [6.45, 7) is 0. The van der Waals surface area contributed by atoms with E-state index in [1.54, 1.807) is 6.07 Å². The van der Waals surface area contributed by atoms with Gasteiger partial charge in [0, 0.05) is 11.2 Å². The minimum Gasteiger partial charge on any atom is -0.480 e. The molecule has 6 nitrogen and oxygen atoms in total. The van der Waals surface area contributed by atoms with E-state index in [1.165, 1.54) is 22.7 Å². The number of alkyl halides is 1. The summed E-state index contributed by atoms with van der Waals surface area (Å²) in [6, 6.07) is 5.50. The topological polar surface area (TPSA) is 76.6 Å². The van der Waals surface area contributed by atoms with Crippen LogP contribution in [0.15, 0.2) is 35.3 Å². The summed E-state index contributed by atoms with van der Waals surface area (Å²) in [7, 11) is 0. The summed E-state index contributed by atoms with van der Waals surface area (Å²) in [5, 5.41) is 12.3. The van der Waals surface area contributed by atoms with Crippen molar-refractivity contribution in [2.75, 3.05) is 0 Å². The molecule has 0 bridgehead atoms. The number of fused-ring (bicyclic) bond motifs is 1. The van der Waals surface area contributed by atoms with Gasteiger partial charge in [-0.2, -0.15) is 4.68 Å². The zero-order valence-electron chi connectivity index (χ0n) is 13.0. The zero-order chi connectivity index (χ0) is 19.0. The molecule has 136 valence electrons. The second-order valence-corrected chi connectivity index (χ2v) is 6.88. The van der Waals surface area contributed by atoms with Crippen molar-refractivity contribution in [1.82, 2.24) is 14.2 Å². The first kappa shape index (κ1) is 18.7. The Hall–Kier alpha value is -2.09. The van der Waals surface area contributed by atoms with Crippen molar-refractivity contribution in [3.63, 3.8) is 0 Å². The van der Waals surface area contributed by atoms with Crippen LogP contribution in [-0.2, 0) is 11.2 Å². The normalized spacial score (nSPS) is 12.5. The summed E-state index contributed by atoms with van der Waals surface area (Å²) >= 11 is 17.6. The van der Waals surface area contributed by atoms with Gasteiger partial charge in [0.25, 0.3) is 0 Å². The number of carbonyl (C=O) groups is 1. The predicted octanol–water partition coefficient (Wildman–Crippen LogP) is 3.56. The molecule has 1 atom stereocenters. The third kappa shape index (κ3) is 3.56. The molecule has 0 saturated heterocycles. The molecule has 0 fully saturated rings. The summed E-state index contributed by atoms with van der Waals surface area (Å²) in [4.78, 5) is 23.3. The van der Waals surface area contributed by atoms with E-state index in [0.717, 1.165) is 10.7 Å². The lowest BCUT2D eigenvalue weighted by Crippen LogP contribution is -2.20. The Labute approximate surface area is 161 Å². The molecule has 3 aromatic rings. The number of aromatic nitrogens is 3. The average Bonchev–Trinajstić information content (AvgIpc) is 2.90. The van der Waals surface area contributed by atoms with Gasteiger partial charge in [0.2, 0.25) is 0 Å². The largest absolute Gasteiger partial charge is 0.480 e. The summed E-state index contributed by atoms with van der Waals surface area (Å²) < 4.78 is 16.5. The Morgan fingerprint density at radius 2 is 2.04 bits per heavy atom. The van der Waals surface area contributed by atoms with Gasteiger partial charge in [0.15, 0.2) is 11.5 Å². The fraction of sp³-hybridized carbons (Fsp3) is 0.188. The fourth-order valence-corrected chi connectivity index (χ4v) is 2.96. The smallest absolute Gasteiger partial charge is 0.355 e. The molecule has 3 rings (SSSR count). The average molecular weight is 419 g/mol. The van der Waals surface area contributed by atoms with Gasteiger partial charge >= 0.3 is 11.7 Å². The fourth-order valence-electron chi connectivity index (χ4n) is 2.45. The van der Waals surface area contributed by atoms with Crippen molar-refractivity contribution < 1.29 is 14.3 Å². The first-order chi connectivity index (χ1) is 12.3. The highest BCUT2D eigenvalue weighted by Crippen LogP contribution is 2.25. The molecule has 0 aliphatic heterocycles. The molecule has 0 spiro atoms. The van der Waals surface area contributed by atoms with Gasteiger partial charge in [-0.25, -0.2) is 13.6 Å². The number of pyridine rings is 1. The van der Waals surface area contributed by atoms with Crippen LogP contribution in [0.3, 0.4) is 0 Å². The molecule has 26 heavy (non-hydrogen) atoms. The number of aliphatic carboxylic acids is 1. The zero-order valence-corrected chi connectivity index (χ0v) is 15.3. The van der Waals surface area contributed by atoms with Gasteiger partial charge in [-0.3, -0.25) is 4.79 Å². The molecule has 1 aromatic carbocycles. The van der Waals surface area contributed by atoms with Crippen molar-refractivity contribution >= 4 is 46.4 Å². The number of nitrogens with zero attached hydrogens (tertiary/aromatic N) is 3. The van der Waals surface area contributed by atoms with E-state index in [2.05, 4.69) is 5.10 Å². The Morgan fingerprint density at radius 3 is 2.73 bits per heavy atom. The minimum absolute atomic E-state index is 0.0946. The van der Waals surface area contributed by atoms with E-state index < -0.39 is 22.9 Å². The summed E-state index contributed by atoms with van der Waals surface area (Å²) in [6.07, 6.45) is 1.67. The molecule has 2 heterocycles. The number of hydrogen-bond acceptors (Lipinski definition) is 3. The molecule has 10 heteroatoms. The standard InChI is InChI=1S/C16H11Cl3FN3O3/c17-9-2-4-14-21-23(16(26)22(14)7-9)13-5-8(11(19)6-12(13)20)1-3-10(18)15(24)25/h2,4-7,10H,1,3H2,(H,24,25). The van der Waals surface area contributed by atoms with E-state index in [-0.39, 0.29) is 23.6 Å². The van der Waals surface area contributed by atoms with Crippen molar-refractivity contribution in [3.8, 4) is 5.69 Å². The number of aryl methyl sites for hydroxylation is 1. The van der Waals surface area contributed by atoms with E-state index in [9.17, 15) is 14.0 Å². The molecular weight excluding hydrogens is 408 g/mol. The quantitative estimate of drug-likeness (QED) is 0.643. The van der Waals surface area contributed by atoms with Crippen molar-refractivity contribution in [1.29, 1.82) is 0 Å². The second kappa shape index (κ2) is 7.26. The SMILES string of the molecule is O=C(O)C(Cl)CCc1cc(-n2nc3ccc(Cl)cn3c2=O)c(F)cc1Cl. The predicted molar refractivity (Wildman–Crippen MR) is 96.4 cm³/mol. The van der Waals surface area contributed by atoms with Gasteiger partial charge in [-0.15, -0.1) is 16.7 Å². The first-order valence-electron chi connectivity index (χ1n) is 7.40. The highest BCUT2D eigenvalue weighted by atomic mass is 35.5. The summed E-state index contributed by atoms with van der Waals surface area (Å²) in [5.74, 6) is -1.89. The maximum absolute atomic E-state index is 14.4. The van der Waals surface area contributed by atoms with Gasteiger partial charge in [0.1, 0.15) is 11.1 Å². The molecule has 1 unspecified atom stereocenters. The number of hydrogen-bond donors (Lipinski definition) is 1. The van der Waals surface area contributed by atoms with Crippen LogP contribution in [0.25, 0.3) is 11.3 Å². The van der Waals surface area contributed by atoms with Gasteiger partial charge in [0.05, 0.1) is 5.02 Å². The third-order valence-electron chi connectivity index (χ3n) is 3.76. The van der Waals surface area contributed by atoms with Crippen molar-refractivity contribution in [2.45, 2.75) is 18.2 Å². The molecule has 0 aliphatic rings. The highest BCUT2D eigenvalue weighted by Gasteiger charge is 2.18. The summed E-state index contributed by atoms with van der Waals surface area (Å²) in [5.41, 5.74) is 0.0463. The molecule has 0 amide bonds. The van der Waals surface area contributed by atoms with Crippen LogP contribution < -0.4 is 5.69 Å². The minimum atomic E-state index is -1.15. The van der Waals surface area contributed by atoms with Crippen LogP contribution >= 0.6 is 34.8 Å². The Bertz CT molecular complexity index is 1060. The maximum Gasteiger partial charge on any atom is 0.355 e. The van der Waals surface area contributed by atoms with Crippen LogP contribution in [0.1, 0.15) is 12.0 Å². The van der Waals surface area contributed by atoms with Gasteiger partial charge in [-0.1, -0.05) is 23.2 Å². The molecule has 1 N–H and O–H groups in total. The highest BCUT2D eigenvalue weighted by molar-refractivity contribution is 6.31. The van der Waals surface area contributed by atoms with Crippen LogP contribution in [0.2, 0.25) is 10.0 Å². The Morgan fingerprint density at radius 1 is 1.31 bits per heavy atom. The second-order valence-electron chi connectivity index (χ2n) is 5.51. The van der Waals surface area contributed by atoms with Gasteiger partial charge in [-0.05, 0) is 42.7 Å². The number of halogens is 4. The maximum atomic E-state index is 14.4. The lowest BCUT2D eigenvalue weighted by molar-refractivity contribution is -0.136. The van der Waals surface area contributed by atoms with Gasteiger partial charge < -0.3 is 5.11 Å². The monoisotopic (exact) mass is 417 g/mol. The molecule has 0 saturated carbocycles. The number of carboxylic acids is 1. The van der Waals surface area contributed by atoms with Crippen LogP contribution in [0.5, 0.6) is 0 Å². The molecule has 0 radical (unpaired) electrons. The Kier molecular flexibility index (Phi) is 5.22. The first-order valence-corrected chi connectivity index (χ1v) is 8.59. The number of carboxylic acid groups (broad SMARTS) is 1.